The van der Waals surface area contributed by atoms with Gasteiger partial charge >= 0.3 is 5.97 Å². The third-order valence-corrected chi connectivity index (χ3v) is 4.96. The van der Waals surface area contributed by atoms with Crippen LogP contribution in [-0.2, 0) is 14.2 Å². The van der Waals surface area contributed by atoms with Gasteiger partial charge in [-0.3, -0.25) is 5.41 Å². The van der Waals surface area contributed by atoms with Gasteiger partial charge in [-0.25, -0.2) is 4.79 Å². The lowest BCUT2D eigenvalue weighted by Gasteiger charge is -2.42. The number of hydrogen-bond donors (Lipinski definition) is 1. The van der Waals surface area contributed by atoms with Crippen molar-refractivity contribution in [1.29, 1.82) is 5.41 Å². The number of rotatable bonds is 3. The van der Waals surface area contributed by atoms with E-state index in [0.717, 1.165) is 0 Å². The summed E-state index contributed by atoms with van der Waals surface area (Å²) in [6.45, 7) is 5.81. The number of hydrogen-bond acceptors (Lipinski definition) is 5. The molecule has 1 unspecified atom stereocenters. The van der Waals surface area contributed by atoms with E-state index in [1.807, 2.05) is 20.8 Å². The molecule has 25 heavy (non-hydrogen) atoms. The highest BCUT2D eigenvalue weighted by atomic mass is 35.6. The molecule has 0 bridgehead atoms. The van der Waals surface area contributed by atoms with E-state index in [-0.39, 0.29) is 17.9 Å². The third kappa shape index (κ3) is 5.00. The van der Waals surface area contributed by atoms with Gasteiger partial charge in [0.05, 0.1) is 11.7 Å². The standard InChI is InChI=1S/C17H20Cl3NO4/c1-9-10(2)13(24-14(22)12-7-5-4-6-8-12)15(23-11(9)3)25-16(21)17(18,19)20/h4-11,13,15,21H,1-3H3/t9-,10-,11+,13-,15?/m1/s1. The Balaban J connectivity index is 2.19. The Morgan fingerprint density at radius 2 is 1.68 bits per heavy atom. The largest absolute Gasteiger partial charge is 0.452 e. The van der Waals surface area contributed by atoms with Gasteiger partial charge in [0.2, 0.25) is 12.2 Å². The Labute approximate surface area is 162 Å². The molecule has 1 aromatic carbocycles. The summed E-state index contributed by atoms with van der Waals surface area (Å²) >= 11 is 17.0. The number of carbonyl (C=O) groups excluding carboxylic acids is 1. The van der Waals surface area contributed by atoms with E-state index >= 15 is 0 Å². The molecule has 138 valence electrons. The van der Waals surface area contributed by atoms with Gasteiger partial charge in [-0.1, -0.05) is 66.8 Å². The molecule has 1 fully saturated rings. The monoisotopic (exact) mass is 407 g/mol. The predicted molar refractivity (Wildman–Crippen MR) is 97.4 cm³/mol. The first-order chi connectivity index (χ1) is 11.6. The molecule has 1 saturated heterocycles. The molecule has 0 amide bonds. The molecule has 0 aromatic heterocycles. The zero-order valence-corrected chi connectivity index (χ0v) is 16.3. The van der Waals surface area contributed by atoms with Crippen LogP contribution in [0, 0.1) is 17.2 Å². The van der Waals surface area contributed by atoms with Crippen molar-refractivity contribution < 1.29 is 19.0 Å². The molecular formula is C17H20Cl3NO4. The Morgan fingerprint density at radius 3 is 2.24 bits per heavy atom. The van der Waals surface area contributed by atoms with E-state index in [2.05, 4.69) is 0 Å². The Hall–Kier alpha value is -1.01. The fourth-order valence-electron chi connectivity index (χ4n) is 2.59. The van der Waals surface area contributed by atoms with Crippen LogP contribution in [-0.4, -0.2) is 34.2 Å². The van der Waals surface area contributed by atoms with Crippen LogP contribution in [0.5, 0.6) is 0 Å². The summed E-state index contributed by atoms with van der Waals surface area (Å²) in [6, 6.07) is 8.61. The summed E-state index contributed by atoms with van der Waals surface area (Å²) in [5, 5.41) is 7.76. The zero-order chi connectivity index (χ0) is 18.8. The van der Waals surface area contributed by atoms with Crippen LogP contribution in [0.2, 0.25) is 0 Å². The maximum atomic E-state index is 12.4. The van der Waals surface area contributed by atoms with Crippen molar-refractivity contribution in [2.24, 2.45) is 11.8 Å². The number of benzene rings is 1. The van der Waals surface area contributed by atoms with Crippen molar-refractivity contribution >= 4 is 46.7 Å². The van der Waals surface area contributed by atoms with Crippen LogP contribution in [0.3, 0.4) is 0 Å². The van der Waals surface area contributed by atoms with Crippen molar-refractivity contribution in [3.8, 4) is 0 Å². The predicted octanol–water partition coefficient (Wildman–Crippen LogP) is 4.59. The summed E-state index contributed by atoms with van der Waals surface area (Å²) in [5.74, 6) is -1.06. The maximum absolute atomic E-state index is 12.4. The fourth-order valence-corrected chi connectivity index (χ4v) is 2.73. The Morgan fingerprint density at radius 1 is 1.08 bits per heavy atom. The summed E-state index contributed by atoms with van der Waals surface area (Å²) in [6.07, 6.45) is -1.95. The first kappa shape index (κ1) is 20.3. The highest BCUT2D eigenvalue weighted by Gasteiger charge is 2.45. The van der Waals surface area contributed by atoms with Gasteiger partial charge in [0.1, 0.15) is 0 Å². The highest BCUT2D eigenvalue weighted by molar-refractivity contribution is 6.76. The molecule has 5 nitrogen and oxygen atoms in total. The van der Waals surface area contributed by atoms with Crippen LogP contribution in [0.25, 0.3) is 0 Å². The molecule has 1 aliphatic rings. The molecular weight excluding hydrogens is 389 g/mol. The minimum Gasteiger partial charge on any atom is -0.452 e. The average Bonchev–Trinajstić information content (AvgIpc) is 2.56. The summed E-state index contributed by atoms with van der Waals surface area (Å²) in [7, 11) is 0. The number of nitrogens with one attached hydrogen (secondary N) is 1. The first-order valence-corrected chi connectivity index (χ1v) is 8.98. The van der Waals surface area contributed by atoms with Crippen molar-refractivity contribution in [1.82, 2.24) is 0 Å². The van der Waals surface area contributed by atoms with E-state index in [1.54, 1.807) is 30.3 Å². The van der Waals surface area contributed by atoms with Gasteiger partial charge in [0, 0.05) is 5.92 Å². The quantitative estimate of drug-likeness (QED) is 0.344. The van der Waals surface area contributed by atoms with Crippen LogP contribution < -0.4 is 0 Å². The van der Waals surface area contributed by atoms with E-state index in [9.17, 15) is 4.79 Å². The highest BCUT2D eigenvalue weighted by Crippen LogP contribution is 2.36. The van der Waals surface area contributed by atoms with Gasteiger partial charge in [0.25, 0.3) is 3.79 Å². The van der Waals surface area contributed by atoms with Gasteiger partial charge < -0.3 is 14.2 Å². The second kappa shape index (κ2) is 8.12. The molecule has 0 radical (unpaired) electrons. The van der Waals surface area contributed by atoms with Crippen LogP contribution in [0.1, 0.15) is 31.1 Å². The molecule has 0 spiro atoms. The van der Waals surface area contributed by atoms with E-state index in [0.29, 0.717) is 5.56 Å². The lowest BCUT2D eigenvalue weighted by atomic mass is 9.84. The molecule has 2 rings (SSSR count). The molecule has 8 heteroatoms. The maximum Gasteiger partial charge on any atom is 0.338 e. The van der Waals surface area contributed by atoms with Crippen LogP contribution in [0.15, 0.2) is 30.3 Å². The summed E-state index contributed by atoms with van der Waals surface area (Å²) in [5.41, 5.74) is 0.413. The molecule has 5 atom stereocenters. The van der Waals surface area contributed by atoms with Crippen molar-refractivity contribution in [3.05, 3.63) is 35.9 Å². The average molecular weight is 409 g/mol. The van der Waals surface area contributed by atoms with Gasteiger partial charge in [-0.05, 0) is 25.0 Å². The minimum atomic E-state index is -2.02. The second-order valence-electron chi connectivity index (χ2n) is 6.11. The second-order valence-corrected chi connectivity index (χ2v) is 8.39. The number of halogens is 3. The lowest BCUT2D eigenvalue weighted by Crippen LogP contribution is -2.52. The van der Waals surface area contributed by atoms with Crippen molar-refractivity contribution in [2.75, 3.05) is 0 Å². The van der Waals surface area contributed by atoms with Gasteiger partial charge in [0.15, 0.2) is 6.10 Å². The zero-order valence-electron chi connectivity index (χ0n) is 14.0. The normalized spacial score (nSPS) is 29.8. The van der Waals surface area contributed by atoms with Gasteiger partial charge in [-0.2, -0.15) is 0 Å². The molecule has 0 aliphatic carbocycles. The van der Waals surface area contributed by atoms with E-state index in [1.165, 1.54) is 0 Å². The van der Waals surface area contributed by atoms with Crippen molar-refractivity contribution in [2.45, 2.75) is 43.1 Å². The number of esters is 1. The number of alkyl halides is 3. The Kier molecular flexibility index (Phi) is 6.60. The van der Waals surface area contributed by atoms with Crippen LogP contribution in [0.4, 0.5) is 0 Å². The molecule has 0 saturated carbocycles. The van der Waals surface area contributed by atoms with Crippen molar-refractivity contribution in [3.63, 3.8) is 0 Å². The van der Waals surface area contributed by atoms with Crippen LogP contribution >= 0.6 is 34.8 Å². The summed E-state index contributed by atoms with van der Waals surface area (Å²) < 4.78 is 14.7. The number of carbonyl (C=O) groups is 1. The first-order valence-electron chi connectivity index (χ1n) is 7.85. The third-order valence-electron chi connectivity index (χ3n) is 4.45. The molecule has 1 aromatic rings. The molecule has 1 heterocycles. The molecule has 1 N–H and O–H groups in total. The SMILES string of the molecule is C[C@@H]1[C@@H](C)[C@@H](OC(=O)c2ccccc2)C(OC(=N)C(Cl)(Cl)Cl)O[C@H]1C. The topological polar surface area (TPSA) is 68.6 Å². The molecule has 1 aliphatic heterocycles. The van der Waals surface area contributed by atoms with E-state index < -0.39 is 28.1 Å². The fraction of sp³-hybridized carbons (Fsp3) is 0.529. The summed E-state index contributed by atoms with van der Waals surface area (Å²) in [4.78, 5) is 12.4. The minimum absolute atomic E-state index is 0.0791. The number of ether oxygens (including phenoxy) is 3. The van der Waals surface area contributed by atoms with E-state index in [4.69, 9.17) is 54.4 Å². The Bertz CT molecular complexity index is 620. The lowest BCUT2D eigenvalue weighted by molar-refractivity contribution is -0.238. The smallest absolute Gasteiger partial charge is 0.338 e. The van der Waals surface area contributed by atoms with Gasteiger partial charge in [-0.15, -0.1) is 0 Å².